The fourth-order valence-electron chi connectivity index (χ4n) is 7.75. The minimum Gasteiger partial charge on any atom is 0 e. The third kappa shape index (κ3) is 6.45. The number of hydrogen-bond donors (Lipinski definition) is 0. The molecule has 0 unspecified atom stereocenters. The molecule has 57 heavy (non-hydrogen) atoms. The van der Waals surface area contributed by atoms with Gasteiger partial charge in [0.1, 0.15) is 5.82 Å². The molecule has 0 aliphatic heterocycles. The average Bonchev–Trinajstić information content (AvgIpc) is 3.87. The van der Waals surface area contributed by atoms with Crippen molar-refractivity contribution in [3.63, 3.8) is 0 Å². The van der Waals surface area contributed by atoms with Gasteiger partial charge in [-0.3, -0.25) is 0 Å². The van der Waals surface area contributed by atoms with E-state index >= 15 is 0 Å². The molecule has 0 spiro atoms. The van der Waals surface area contributed by atoms with Gasteiger partial charge in [-0.15, -0.1) is 0 Å². The molecule has 0 atom stereocenters. The van der Waals surface area contributed by atoms with Gasteiger partial charge in [-0.1, -0.05) is 39.0 Å². The standard InChI is InChI=1S/C50H40N4OSe.Pt/c1-49(2,3)32-24-25-51-46(28-32)54-42-18-12-10-16-38(42)39-21-20-36(30-44(39)54)55-37-27-33(50(4,5)6)26-35(29-37)52-31-53(34-14-8-7-9-15-34)47-43(52)23-22-41-40-17-11-13-19-45(40)56-48(41)47;/h7-28H,1-6H3;/q-2;. The molecule has 0 amide bonds. The van der Waals surface area contributed by atoms with E-state index in [0.29, 0.717) is 11.5 Å². The van der Waals surface area contributed by atoms with E-state index in [0.717, 1.165) is 50.1 Å². The van der Waals surface area contributed by atoms with Crippen molar-refractivity contribution >= 4 is 66.6 Å². The zero-order valence-corrected chi connectivity index (χ0v) is 36.6. The van der Waals surface area contributed by atoms with E-state index < -0.39 is 0 Å². The van der Waals surface area contributed by atoms with Gasteiger partial charge in [0.2, 0.25) is 0 Å². The molecule has 4 aromatic heterocycles. The summed E-state index contributed by atoms with van der Waals surface area (Å²) in [5.41, 5.74) is 8.38. The van der Waals surface area contributed by atoms with Crippen LogP contribution in [-0.4, -0.2) is 28.6 Å². The van der Waals surface area contributed by atoms with Crippen molar-refractivity contribution in [2.24, 2.45) is 0 Å². The second kappa shape index (κ2) is 14.0. The van der Waals surface area contributed by atoms with Crippen molar-refractivity contribution in [1.82, 2.24) is 14.1 Å². The summed E-state index contributed by atoms with van der Waals surface area (Å²) < 4.78 is 16.2. The summed E-state index contributed by atoms with van der Waals surface area (Å²) >= 11 is 0.160. The van der Waals surface area contributed by atoms with Gasteiger partial charge in [0.15, 0.2) is 0 Å². The first-order valence-corrected chi connectivity index (χ1v) is 20.8. The molecule has 0 saturated heterocycles. The van der Waals surface area contributed by atoms with E-state index in [1.54, 1.807) is 0 Å². The van der Waals surface area contributed by atoms with E-state index in [2.05, 4.69) is 195 Å². The summed E-state index contributed by atoms with van der Waals surface area (Å²) in [5.74, 6) is 2.09. The molecule has 0 aliphatic rings. The normalized spacial score (nSPS) is 12.2. The number of imidazole rings is 1. The summed E-state index contributed by atoms with van der Waals surface area (Å²) in [5, 5.41) is 4.89. The van der Waals surface area contributed by atoms with E-state index in [-0.39, 0.29) is 46.4 Å². The number of benzene rings is 6. The second-order valence-corrected chi connectivity index (χ2v) is 18.8. The molecule has 10 rings (SSSR count). The molecule has 10 aromatic rings. The molecular formula is C50H40N4OPtSe-2. The molecule has 0 bridgehead atoms. The second-order valence-electron chi connectivity index (χ2n) is 16.6. The van der Waals surface area contributed by atoms with Crippen molar-refractivity contribution in [2.45, 2.75) is 52.4 Å². The number of ether oxygens (including phenoxy) is 1. The van der Waals surface area contributed by atoms with E-state index in [4.69, 9.17) is 9.72 Å². The topological polar surface area (TPSA) is 35.9 Å². The van der Waals surface area contributed by atoms with Crippen molar-refractivity contribution in [1.29, 1.82) is 0 Å². The maximum atomic E-state index is 6.79. The van der Waals surface area contributed by atoms with Crippen molar-refractivity contribution < 1.29 is 30.4 Å². The fraction of sp³-hybridized carbons (Fsp3) is 0.160. The van der Waals surface area contributed by atoms with Gasteiger partial charge >= 0.3 is 238 Å². The van der Waals surface area contributed by atoms with Crippen LogP contribution in [0, 0.1) is 18.5 Å². The van der Waals surface area contributed by atoms with Gasteiger partial charge in [0.05, 0.1) is 0 Å². The van der Waals surface area contributed by atoms with Crippen molar-refractivity contribution in [2.75, 3.05) is 0 Å². The number of pyridine rings is 1. The Balaban J connectivity index is 0.00000422. The number of nitrogens with zero attached hydrogens (tertiary/aromatic N) is 4. The van der Waals surface area contributed by atoms with Gasteiger partial charge in [-0.2, -0.15) is 0 Å². The molecule has 0 saturated carbocycles. The molecule has 7 heteroatoms. The van der Waals surface area contributed by atoms with Crippen LogP contribution in [-0.2, 0) is 31.9 Å². The number of fused-ring (bicyclic) bond motifs is 8. The van der Waals surface area contributed by atoms with Gasteiger partial charge in [0.25, 0.3) is 0 Å². The number of rotatable bonds is 5. The molecule has 4 heterocycles. The first-order valence-electron chi connectivity index (χ1n) is 19.1. The van der Waals surface area contributed by atoms with E-state index in [1.807, 2.05) is 12.3 Å². The third-order valence-corrected chi connectivity index (χ3v) is 13.2. The SMILES string of the molecule is CC(C)(C)c1cc(Oc2[c-]c3c(cc2)c2ccccc2n3-c2cc(C(C)(C)C)ccn2)[c-]c(-n2[c-][n+](-c3ccccc3)c3c4[se]c5ccccc5c4ccc32)c1.[Pt]. The van der Waals surface area contributed by atoms with Crippen LogP contribution in [0.2, 0.25) is 0 Å². The van der Waals surface area contributed by atoms with Crippen LogP contribution < -0.4 is 9.30 Å². The van der Waals surface area contributed by atoms with Gasteiger partial charge in [-0.25, -0.2) is 4.98 Å². The zero-order valence-electron chi connectivity index (χ0n) is 32.6. The van der Waals surface area contributed by atoms with Crippen molar-refractivity contribution in [3.8, 4) is 28.7 Å². The Hall–Kier alpha value is -5.25. The third-order valence-electron chi connectivity index (χ3n) is 10.7. The van der Waals surface area contributed by atoms with Crippen LogP contribution in [0.25, 0.3) is 69.3 Å². The van der Waals surface area contributed by atoms with Crippen LogP contribution in [0.4, 0.5) is 0 Å². The minimum atomic E-state index is -0.157. The molecule has 284 valence electrons. The average molecular weight is 987 g/mol. The number of aromatic nitrogens is 4. The molecule has 0 fully saturated rings. The molecule has 0 radical (unpaired) electrons. The monoisotopic (exact) mass is 987 g/mol. The Morgan fingerprint density at radius 3 is 2.14 bits per heavy atom. The molecule has 6 aromatic carbocycles. The predicted octanol–water partition coefficient (Wildman–Crippen LogP) is 11.5. The Labute approximate surface area is 353 Å². The van der Waals surface area contributed by atoms with Gasteiger partial charge in [0, 0.05) is 32.8 Å². The largest absolute Gasteiger partial charge is 0 e. The van der Waals surface area contributed by atoms with Gasteiger partial charge < -0.3 is 0 Å². The Morgan fingerprint density at radius 2 is 1.35 bits per heavy atom. The Morgan fingerprint density at radius 1 is 0.632 bits per heavy atom. The molecule has 0 N–H and O–H groups in total. The quantitative estimate of drug-likeness (QED) is 0.0979. The van der Waals surface area contributed by atoms with Crippen LogP contribution in [0.3, 0.4) is 0 Å². The van der Waals surface area contributed by atoms with Gasteiger partial charge in [-0.05, 0) is 34.6 Å². The summed E-state index contributed by atoms with van der Waals surface area (Å²) in [6.45, 7) is 13.4. The maximum absolute atomic E-state index is 6.79. The van der Waals surface area contributed by atoms with Crippen LogP contribution in [0.15, 0.2) is 134 Å². The van der Waals surface area contributed by atoms with Crippen LogP contribution >= 0.6 is 0 Å². The molecular weight excluding hydrogens is 947 g/mol. The smallest absolute Gasteiger partial charge is 0 e. The minimum absolute atomic E-state index is 0. The van der Waals surface area contributed by atoms with Crippen molar-refractivity contribution in [3.05, 3.63) is 163 Å². The van der Waals surface area contributed by atoms with Crippen LogP contribution in [0.5, 0.6) is 11.5 Å². The van der Waals surface area contributed by atoms with Crippen LogP contribution in [0.1, 0.15) is 52.7 Å². The Bertz CT molecular complexity index is 3140. The molecule has 5 nitrogen and oxygen atoms in total. The first kappa shape index (κ1) is 37.3. The fourth-order valence-corrected chi connectivity index (χ4v) is 10.3. The maximum Gasteiger partial charge on any atom is 0 e. The summed E-state index contributed by atoms with van der Waals surface area (Å²) in [7, 11) is 0. The first-order chi connectivity index (χ1) is 27.0. The summed E-state index contributed by atoms with van der Waals surface area (Å²) in [4.78, 5) is 4.86. The molecule has 0 aliphatic carbocycles. The summed E-state index contributed by atoms with van der Waals surface area (Å²) in [6, 6.07) is 52.5. The number of hydrogen-bond acceptors (Lipinski definition) is 2. The summed E-state index contributed by atoms with van der Waals surface area (Å²) in [6.07, 6.45) is 5.67. The van der Waals surface area contributed by atoms with E-state index in [9.17, 15) is 0 Å². The number of para-hydroxylation sites is 2. The zero-order chi connectivity index (χ0) is 38.3. The predicted molar refractivity (Wildman–Crippen MR) is 229 cm³/mol. The Kier molecular flexibility index (Phi) is 9.16. The van der Waals surface area contributed by atoms with E-state index in [1.165, 1.54) is 30.4 Å².